The fraction of sp³-hybridized carbons (Fsp3) is 0.154. The summed E-state index contributed by atoms with van der Waals surface area (Å²) < 4.78 is 5.52. The third kappa shape index (κ3) is 4.59. The number of rotatable bonds is 7. The van der Waals surface area contributed by atoms with Gasteiger partial charge in [0.1, 0.15) is 13.2 Å². The lowest BCUT2D eigenvalue weighted by atomic mass is 9.98. The van der Waals surface area contributed by atoms with Gasteiger partial charge in [-0.1, -0.05) is 54.5 Å². The third-order valence-electron chi connectivity index (χ3n) is 5.49. The van der Waals surface area contributed by atoms with Crippen LogP contribution in [0.1, 0.15) is 27.5 Å². The molecule has 0 unspecified atom stereocenters. The van der Waals surface area contributed by atoms with Gasteiger partial charge in [0.15, 0.2) is 5.69 Å². The van der Waals surface area contributed by atoms with Crippen LogP contribution in [0.15, 0.2) is 66.9 Å². The molecule has 0 atom stereocenters. The van der Waals surface area contributed by atoms with E-state index in [9.17, 15) is 14.4 Å². The number of carbonyl (C=O) groups is 3. The molecule has 2 N–H and O–H groups in total. The van der Waals surface area contributed by atoms with E-state index in [1.165, 1.54) is 12.3 Å². The molecule has 0 aliphatic heterocycles. The highest BCUT2D eigenvalue weighted by atomic mass is 16.5. The first-order chi connectivity index (χ1) is 16.5. The van der Waals surface area contributed by atoms with Crippen LogP contribution in [0.4, 0.5) is 10.5 Å². The molecule has 2 amide bonds. The number of hydrogen-bond acceptors (Lipinski definition) is 5. The third-order valence-corrected chi connectivity index (χ3v) is 5.49. The van der Waals surface area contributed by atoms with Crippen LogP contribution in [-0.2, 0) is 9.53 Å². The second kappa shape index (κ2) is 9.88. The number of fused-ring (bicyclic) bond motifs is 3. The average molecular weight is 455 g/mol. The zero-order valence-corrected chi connectivity index (χ0v) is 18.1. The summed E-state index contributed by atoms with van der Waals surface area (Å²) in [7, 11) is 0. The Hall–Kier alpha value is -4.64. The van der Waals surface area contributed by atoms with Crippen LogP contribution in [0.2, 0.25) is 0 Å². The van der Waals surface area contributed by atoms with E-state index in [-0.39, 0.29) is 30.5 Å². The van der Waals surface area contributed by atoms with Crippen LogP contribution in [0.3, 0.4) is 0 Å². The Labute approximate surface area is 196 Å². The van der Waals surface area contributed by atoms with Crippen LogP contribution >= 0.6 is 0 Å². The summed E-state index contributed by atoms with van der Waals surface area (Å²) in [6, 6.07) is 19.0. The maximum Gasteiger partial charge on any atom is 0.411 e. The van der Waals surface area contributed by atoms with Gasteiger partial charge in [0, 0.05) is 12.1 Å². The topological polar surface area (TPSA) is 109 Å². The summed E-state index contributed by atoms with van der Waals surface area (Å²) in [4.78, 5) is 41.5. The van der Waals surface area contributed by atoms with Crippen LogP contribution in [0.5, 0.6) is 0 Å². The van der Waals surface area contributed by atoms with Crippen LogP contribution in [0, 0.1) is 12.3 Å². The lowest BCUT2D eigenvalue weighted by molar-refractivity contribution is -0.137. The number of anilines is 1. The number of carboxylic acids is 1. The van der Waals surface area contributed by atoms with Crippen molar-refractivity contribution in [3.63, 3.8) is 0 Å². The number of carboxylic acid groups (broad SMARTS) is 1. The highest BCUT2D eigenvalue weighted by Gasteiger charge is 2.29. The molecule has 0 saturated carbocycles. The number of aromatic nitrogens is 1. The van der Waals surface area contributed by atoms with Gasteiger partial charge in [-0.2, -0.15) is 0 Å². The molecule has 3 aromatic rings. The lowest BCUT2D eigenvalue weighted by Gasteiger charge is -2.19. The monoisotopic (exact) mass is 455 g/mol. The molecule has 8 nitrogen and oxygen atoms in total. The zero-order valence-electron chi connectivity index (χ0n) is 18.1. The minimum Gasteiger partial charge on any atom is -0.480 e. The van der Waals surface area contributed by atoms with Crippen LogP contribution in [0.25, 0.3) is 11.1 Å². The van der Waals surface area contributed by atoms with E-state index in [4.69, 9.17) is 16.3 Å². The fourth-order valence-corrected chi connectivity index (χ4v) is 4.04. The highest BCUT2D eigenvalue weighted by Crippen LogP contribution is 2.44. The summed E-state index contributed by atoms with van der Waals surface area (Å²) in [5, 5.41) is 11.6. The predicted molar refractivity (Wildman–Crippen MR) is 125 cm³/mol. The van der Waals surface area contributed by atoms with Crippen molar-refractivity contribution in [1.29, 1.82) is 0 Å². The number of nitrogens with one attached hydrogen (secondary N) is 1. The first-order valence-corrected chi connectivity index (χ1v) is 10.5. The van der Waals surface area contributed by atoms with Crippen molar-refractivity contribution in [2.75, 3.05) is 25.0 Å². The van der Waals surface area contributed by atoms with Crippen LogP contribution in [-0.4, -0.2) is 52.7 Å². The molecule has 1 aliphatic rings. The number of amides is 2. The summed E-state index contributed by atoms with van der Waals surface area (Å²) >= 11 is 0. The standard InChI is InChI=1S/C26H21N3O5/c1-2-14-29(15-23(30)31)25(32)24-22(12-7-13-27-24)28-26(33)34-16-21-19-10-5-3-8-17(19)18-9-4-6-11-20(18)21/h1,3-13,21H,14-16H2,(H,28,33)(H,30,31). The van der Waals surface area contributed by atoms with Gasteiger partial charge in [-0.15, -0.1) is 6.42 Å². The summed E-state index contributed by atoms with van der Waals surface area (Å²) in [6.07, 6.45) is 5.87. The Kier molecular flexibility index (Phi) is 6.55. The number of aliphatic carboxylic acids is 1. The van der Waals surface area contributed by atoms with Crippen molar-refractivity contribution in [2.24, 2.45) is 0 Å². The average Bonchev–Trinajstić information content (AvgIpc) is 3.16. The van der Waals surface area contributed by atoms with Crippen molar-refractivity contribution in [3.05, 3.63) is 83.7 Å². The maximum atomic E-state index is 12.8. The minimum absolute atomic E-state index is 0.0946. The van der Waals surface area contributed by atoms with E-state index >= 15 is 0 Å². The Balaban J connectivity index is 1.48. The molecule has 1 heterocycles. The smallest absolute Gasteiger partial charge is 0.411 e. The van der Waals surface area contributed by atoms with Gasteiger partial charge in [-0.05, 0) is 34.4 Å². The number of benzene rings is 2. The number of carbonyl (C=O) groups excluding carboxylic acids is 2. The molecule has 0 radical (unpaired) electrons. The van der Waals surface area contributed by atoms with E-state index in [1.807, 2.05) is 48.5 Å². The van der Waals surface area contributed by atoms with Crippen molar-refractivity contribution in [3.8, 4) is 23.5 Å². The molecule has 4 rings (SSSR count). The molecule has 1 aromatic heterocycles. The van der Waals surface area contributed by atoms with Gasteiger partial charge in [-0.25, -0.2) is 9.78 Å². The highest BCUT2D eigenvalue weighted by molar-refractivity contribution is 6.01. The van der Waals surface area contributed by atoms with E-state index < -0.39 is 24.5 Å². The Morgan fingerprint density at radius 2 is 1.68 bits per heavy atom. The Morgan fingerprint density at radius 1 is 1.03 bits per heavy atom. The number of terminal acetylenes is 1. The molecule has 0 bridgehead atoms. The lowest BCUT2D eigenvalue weighted by Crippen LogP contribution is -2.37. The molecule has 0 saturated heterocycles. The molecule has 0 spiro atoms. The molecule has 2 aromatic carbocycles. The first kappa shape index (κ1) is 22.6. The van der Waals surface area contributed by atoms with Crippen molar-refractivity contribution >= 4 is 23.7 Å². The number of nitrogens with zero attached hydrogens (tertiary/aromatic N) is 2. The second-order valence-corrected chi connectivity index (χ2v) is 7.61. The van der Waals surface area contributed by atoms with Crippen molar-refractivity contribution in [2.45, 2.75) is 5.92 Å². The quantitative estimate of drug-likeness (QED) is 0.527. The SMILES string of the molecule is C#CCN(CC(=O)O)C(=O)c1ncccc1NC(=O)OCC1c2ccccc2-c2ccccc21. The Morgan fingerprint density at radius 3 is 2.29 bits per heavy atom. The van der Waals surface area contributed by atoms with Gasteiger partial charge in [-0.3, -0.25) is 14.9 Å². The Bertz CT molecular complexity index is 1250. The number of pyridine rings is 1. The molecule has 8 heteroatoms. The van der Waals surface area contributed by atoms with E-state index in [0.717, 1.165) is 27.2 Å². The van der Waals surface area contributed by atoms with E-state index in [0.29, 0.717) is 0 Å². The summed E-state index contributed by atoms with van der Waals surface area (Å²) in [5.41, 5.74) is 4.34. The van der Waals surface area contributed by atoms with Crippen molar-refractivity contribution in [1.82, 2.24) is 9.88 Å². The van der Waals surface area contributed by atoms with E-state index in [1.54, 1.807) is 6.07 Å². The van der Waals surface area contributed by atoms with Crippen LogP contribution < -0.4 is 5.32 Å². The second-order valence-electron chi connectivity index (χ2n) is 7.61. The molecule has 34 heavy (non-hydrogen) atoms. The van der Waals surface area contributed by atoms with Gasteiger partial charge in [0.05, 0.1) is 12.2 Å². The number of hydrogen-bond donors (Lipinski definition) is 2. The molecule has 170 valence electrons. The predicted octanol–water partition coefficient (Wildman–Crippen LogP) is 3.60. The van der Waals surface area contributed by atoms with Gasteiger partial charge >= 0.3 is 12.1 Å². The minimum atomic E-state index is -1.22. The molecular weight excluding hydrogens is 434 g/mol. The fourth-order valence-electron chi connectivity index (χ4n) is 4.04. The molecular formula is C26H21N3O5. The van der Waals surface area contributed by atoms with E-state index in [2.05, 4.69) is 16.2 Å². The van der Waals surface area contributed by atoms with Crippen molar-refractivity contribution < 1.29 is 24.2 Å². The first-order valence-electron chi connectivity index (χ1n) is 10.5. The maximum absolute atomic E-state index is 12.8. The van der Waals surface area contributed by atoms with Gasteiger partial charge in [0.25, 0.3) is 5.91 Å². The molecule has 1 aliphatic carbocycles. The van der Waals surface area contributed by atoms with Gasteiger partial charge in [0.2, 0.25) is 0 Å². The largest absolute Gasteiger partial charge is 0.480 e. The van der Waals surface area contributed by atoms with Gasteiger partial charge < -0.3 is 14.7 Å². The summed E-state index contributed by atoms with van der Waals surface area (Å²) in [5.74, 6) is 0.208. The zero-order chi connectivity index (χ0) is 24.1. The summed E-state index contributed by atoms with van der Waals surface area (Å²) in [6.45, 7) is -0.707. The number of ether oxygens (including phenoxy) is 1. The normalized spacial score (nSPS) is 11.6. The molecule has 0 fully saturated rings.